The lowest BCUT2D eigenvalue weighted by atomic mass is 9.95. The van der Waals surface area contributed by atoms with E-state index in [0.29, 0.717) is 0 Å². The number of fused-ring (bicyclic) bond motifs is 1. The molecular weight excluding hydrogens is 361 g/mol. The molecule has 0 fully saturated rings. The van der Waals surface area contributed by atoms with E-state index in [0.717, 1.165) is 36.1 Å². The van der Waals surface area contributed by atoms with E-state index in [-0.39, 0.29) is 0 Å². The smallest absolute Gasteiger partial charge is 0.188 e. The van der Waals surface area contributed by atoms with E-state index in [9.17, 15) is 5.26 Å². The molecule has 18 heavy (non-hydrogen) atoms. The Morgan fingerprint density at radius 1 is 1.50 bits per heavy atom. The van der Waals surface area contributed by atoms with Crippen molar-refractivity contribution in [2.75, 3.05) is 7.11 Å². The summed E-state index contributed by atoms with van der Waals surface area (Å²) in [7, 11) is 2.84. The Bertz CT molecular complexity index is 495. The van der Waals surface area contributed by atoms with E-state index in [2.05, 4.69) is 12.1 Å². The van der Waals surface area contributed by atoms with Crippen LogP contribution in [0.4, 0.5) is 0 Å². The lowest BCUT2D eigenvalue weighted by Gasteiger charge is -2.19. The summed E-state index contributed by atoms with van der Waals surface area (Å²) in [5, 5.41) is 9.31. The summed E-state index contributed by atoms with van der Waals surface area (Å²) < 4.78 is 10.9. The topological polar surface area (TPSA) is 42.2 Å². The number of hydrogen-bond donors (Lipinski definition) is 0. The Hall–Kier alpha value is -0.450. The van der Waals surface area contributed by atoms with Crippen molar-refractivity contribution in [1.29, 1.82) is 5.26 Å². The summed E-state index contributed by atoms with van der Waals surface area (Å²) in [6, 6.07) is 4.40. The lowest BCUT2D eigenvalue weighted by molar-refractivity contribution is 0.304. The van der Waals surface area contributed by atoms with Gasteiger partial charge in [0, 0.05) is 26.8 Å². The fraction of sp³-hybridized carbons (Fsp3) is 0.462. The number of methoxy groups -OCH3 is 1. The van der Waals surface area contributed by atoms with Crippen molar-refractivity contribution in [3.63, 3.8) is 0 Å². The molecule has 0 bridgehead atoms. The standard InChI is InChI=1S/C13H14INO2S/c1-8-6-9-4-3-5-10(9)12(13(8)16-2)11(7-15)17-18-14/h6,11H,3-5H2,1-2H3. The van der Waals surface area contributed by atoms with E-state index in [1.807, 2.05) is 28.1 Å². The molecule has 0 aromatic heterocycles. The van der Waals surface area contributed by atoms with Crippen molar-refractivity contribution in [3.8, 4) is 11.8 Å². The van der Waals surface area contributed by atoms with Crippen LogP contribution < -0.4 is 4.74 Å². The molecule has 1 aliphatic carbocycles. The monoisotopic (exact) mass is 375 g/mol. The zero-order valence-corrected chi connectivity index (χ0v) is 13.3. The highest BCUT2D eigenvalue weighted by Crippen LogP contribution is 2.41. The second kappa shape index (κ2) is 6.13. The van der Waals surface area contributed by atoms with Gasteiger partial charge in [-0.1, -0.05) is 6.07 Å². The SMILES string of the molecule is COc1c(C)cc2c(c1C(C#N)OSI)CCC2. The van der Waals surface area contributed by atoms with Crippen LogP contribution in [0.3, 0.4) is 0 Å². The molecule has 0 saturated carbocycles. The van der Waals surface area contributed by atoms with Gasteiger partial charge in [-0.3, -0.25) is 4.18 Å². The van der Waals surface area contributed by atoms with Gasteiger partial charge in [0.25, 0.3) is 0 Å². The van der Waals surface area contributed by atoms with Crippen LogP contribution >= 0.6 is 30.4 Å². The number of rotatable bonds is 4. The quantitative estimate of drug-likeness (QED) is 0.588. The number of aryl methyl sites for hydroxylation is 2. The third-order valence-electron chi connectivity index (χ3n) is 3.30. The number of hydrogen-bond acceptors (Lipinski definition) is 4. The average molecular weight is 375 g/mol. The normalized spacial score (nSPS) is 15.0. The second-order valence-corrected chi connectivity index (χ2v) is 5.70. The highest BCUT2D eigenvalue weighted by molar-refractivity contribution is 14.2. The maximum Gasteiger partial charge on any atom is 0.188 e. The third-order valence-corrected chi connectivity index (χ3v) is 4.18. The van der Waals surface area contributed by atoms with E-state index in [1.54, 1.807) is 7.11 Å². The summed E-state index contributed by atoms with van der Waals surface area (Å²) in [5.41, 5.74) is 4.59. The van der Waals surface area contributed by atoms with Crippen LogP contribution in [-0.4, -0.2) is 7.11 Å². The molecule has 0 amide bonds. The predicted molar refractivity (Wildman–Crippen MR) is 80.8 cm³/mol. The van der Waals surface area contributed by atoms with E-state index in [4.69, 9.17) is 8.92 Å². The van der Waals surface area contributed by atoms with Gasteiger partial charge in [-0.25, -0.2) is 0 Å². The zero-order chi connectivity index (χ0) is 13.1. The highest BCUT2D eigenvalue weighted by atomic mass is 127. The first-order chi connectivity index (χ1) is 8.72. The minimum atomic E-state index is -0.561. The Morgan fingerprint density at radius 3 is 2.89 bits per heavy atom. The van der Waals surface area contributed by atoms with Gasteiger partial charge in [0.1, 0.15) is 11.8 Å². The van der Waals surface area contributed by atoms with Crippen LogP contribution in [0.15, 0.2) is 6.07 Å². The largest absolute Gasteiger partial charge is 0.496 e. The molecule has 1 unspecified atom stereocenters. The zero-order valence-electron chi connectivity index (χ0n) is 10.3. The lowest BCUT2D eigenvalue weighted by Crippen LogP contribution is -2.06. The minimum Gasteiger partial charge on any atom is -0.496 e. The highest BCUT2D eigenvalue weighted by Gasteiger charge is 2.27. The Kier molecular flexibility index (Phi) is 4.76. The first-order valence-electron chi connectivity index (χ1n) is 5.75. The van der Waals surface area contributed by atoms with E-state index in [1.165, 1.54) is 20.3 Å². The summed E-state index contributed by atoms with van der Waals surface area (Å²) in [5.74, 6) is 0.799. The molecule has 2 rings (SSSR count). The van der Waals surface area contributed by atoms with Crippen LogP contribution in [0.25, 0.3) is 0 Å². The average Bonchev–Trinajstić information content (AvgIpc) is 2.82. The van der Waals surface area contributed by atoms with Gasteiger partial charge in [0.05, 0.1) is 16.3 Å². The van der Waals surface area contributed by atoms with Crippen molar-refractivity contribution < 1.29 is 8.92 Å². The van der Waals surface area contributed by atoms with Crippen LogP contribution in [0.5, 0.6) is 5.75 Å². The molecule has 1 aromatic rings. The summed E-state index contributed by atoms with van der Waals surface area (Å²) in [4.78, 5) is 0. The van der Waals surface area contributed by atoms with Gasteiger partial charge in [-0.2, -0.15) is 5.26 Å². The maximum atomic E-state index is 9.31. The summed E-state index contributed by atoms with van der Waals surface area (Å²) >= 11 is 2.04. The molecule has 1 aromatic carbocycles. The van der Waals surface area contributed by atoms with Gasteiger partial charge >= 0.3 is 0 Å². The van der Waals surface area contributed by atoms with Gasteiger partial charge in [0.15, 0.2) is 6.10 Å². The summed E-state index contributed by atoms with van der Waals surface area (Å²) in [6.07, 6.45) is 2.68. The fourth-order valence-corrected chi connectivity index (χ4v) is 3.46. The van der Waals surface area contributed by atoms with E-state index < -0.39 is 6.10 Å². The molecule has 5 heteroatoms. The molecular formula is C13H14INO2S. The Morgan fingerprint density at radius 2 is 2.28 bits per heavy atom. The van der Waals surface area contributed by atoms with Crippen LogP contribution in [0.2, 0.25) is 0 Å². The first kappa shape index (κ1) is 14.0. The molecule has 0 saturated heterocycles. The van der Waals surface area contributed by atoms with Crippen molar-refractivity contribution in [3.05, 3.63) is 28.3 Å². The molecule has 96 valence electrons. The molecule has 1 aliphatic rings. The van der Waals surface area contributed by atoms with Crippen molar-refractivity contribution in [2.24, 2.45) is 0 Å². The first-order valence-corrected chi connectivity index (χ1v) is 9.04. The molecule has 3 nitrogen and oxygen atoms in total. The minimum absolute atomic E-state index is 0.561. The van der Waals surface area contributed by atoms with Gasteiger partial charge in [-0.05, 0) is 42.9 Å². The van der Waals surface area contributed by atoms with Crippen molar-refractivity contribution in [2.45, 2.75) is 32.3 Å². The number of nitriles is 1. The molecule has 1 atom stereocenters. The summed E-state index contributed by atoms with van der Waals surface area (Å²) in [6.45, 7) is 2.02. The Labute approximate surface area is 124 Å². The molecule has 0 aliphatic heterocycles. The van der Waals surface area contributed by atoms with Crippen molar-refractivity contribution >= 4 is 30.4 Å². The van der Waals surface area contributed by atoms with Gasteiger partial charge in [-0.15, -0.1) is 0 Å². The number of halogens is 1. The predicted octanol–water partition coefficient (Wildman–Crippen LogP) is 4.07. The maximum absolute atomic E-state index is 9.31. The van der Waals surface area contributed by atoms with E-state index >= 15 is 0 Å². The second-order valence-electron chi connectivity index (χ2n) is 4.30. The van der Waals surface area contributed by atoms with Crippen molar-refractivity contribution in [1.82, 2.24) is 0 Å². The molecule has 0 radical (unpaired) electrons. The Balaban J connectivity index is 2.59. The van der Waals surface area contributed by atoms with Gasteiger partial charge < -0.3 is 4.74 Å². The fourth-order valence-electron chi connectivity index (χ4n) is 2.63. The van der Waals surface area contributed by atoms with Crippen LogP contribution in [0, 0.1) is 18.3 Å². The number of ether oxygens (including phenoxy) is 1. The third kappa shape index (κ3) is 2.46. The van der Waals surface area contributed by atoms with Crippen LogP contribution in [-0.2, 0) is 17.0 Å². The van der Waals surface area contributed by atoms with Gasteiger partial charge in [0.2, 0.25) is 0 Å². The molecule has 0 heterocycles. The van der Waals surface area contributed by atoms with Crippen LogP contribution in [0.1, 0.15) is 34.8 Å². The molecule has 0 N–H and O–H groups in total. The molecule has 0 spiro atoms. The number of nitrogens with zero attached hydrogens (tertiary/aromatic N) is 1. The number of benzene rings is 1.